The average Bonchev–Trinajstić information content (AvgIpc) is 2.40. The number of benzene rings is 2. The minimum Gasteiger partial charge on any atom is -0.398 e. The Morgan fingerprint density at radius 3 is 2.52 bits per heavy atom. The van der Waals surface area contributed by atoms with Gasteiger partial charge in [0.25, 0.3) is 0 Å². The van der Waals surface area contributed by atoms with E-state index in [0.717, 1.165) is 5.56 Å². The molecule has 0 spiro atoms. The summed E-state index contributed by atoms with van der Waals surface area (Å²) < 4.78 is 12.4. The van der Waals surface area contributed by atoms with Crippen LogP contribution in [-0.4, -0.2) is 10.1 Å². The summed E-state index contributed by atoms with van der Waals surface area (Å²) in [5, 5.41) is 0.366. The molecular formula is C15H15ClN2O2S. The molecule has 1 amide bonds. The number of nitrogen functional groups attached to an aromatic ring is 1. The molecule has 0 fully saturated rings. The minimum atomic E-state index is -1.31. The first-order valence-electron chi connectivity index (χ1n) is 6.21. The van der Waals surface area contributed by atoms with Gasteiger partial charge in [0.1, 0.15) is 0 Å². The van der Waals surface area contributed by atoms with Gasteiger partial charge < -0.3 is 11.5 Å². The monoisotopic (exact) mass is 322 g/mol. The van der Waals surface area contributed by atoms with Gasteiger partial charge in [0.2, 0.25) is 5.91 Å². The number of hydrogen-bond donors (Lipinski definition) is 2. The maximum atomic E-state index is 12.4. The second-order valence-electron chi connectivity index (χ2n) is 4.70. The number of hydrogen-bond acceptors (Lipinski definition) is 3. The van der Waals surface area contributed by atoms with Crippen LogP contribution in [0.4, 0.5) is 5.69 Å². The molecule has 0 aliphatic heterocycles. The summed E-state index contributed by atoms with van der Waals surface area (Å²) >= 11 is 6.10. The number of carbonyl (C=O) groups is 1. The van der Waals surface area contributed by atoms with Crippen molar-refractivity contribution in [3.63, 3.8) is 0 Å². The van der Waals surface area contributed by atoms with E-state index in [9.17, 15) is 9.00 Å². The molecule has 0 bridgehead atoms. The van der Waals surface area contributed by atoms with Gasteiger partial charge in [0, 0.05) is 16.3 Å². The van der Waals surface area contributed by atoms with Crippen molar-refractivity contribution in [3.8, 4) is 0 Å². The fourth-order valence-corrected chi connectivity index (χ4v) is 3.47. The Bertz CT molecular complexity index is 732. The highest BCUT2D eigenvalue weighted by Crippen LogP contribution is 2.24. The zero-order valence-electron chi connectivity index (χ0n) is 11.4. The molecule has 0 saturated carbocycles. The van der Waals surface area contributed by atoms with Crippen molar-refractivity contribution >= 4 is 34.0 Å². The number of anilines is 1. The Hall–Kier alpha value is -1.85. The first kappa shape index (κ1) is 15.5. The lowest BCUT2D eigenvalue weighted by Crippen LogP contribution is -2.11. The molecule has 1 unspecified atom stereocenters. The van der Waals surface area contributed by atoms with E-state index in [4.69, 9.17) is 23.1 Å². The molecule has 0 aliphatic carbocycles. The van der Waals surface area contributed by atoms with Gasteiger partial charge in [-0.15, -0.1) is 0 Å². The lowest BCUT2D eigenvalue weighted by Gasteiger charge is -2.09. The Kier molecular flexibility index (Phi) is 4.65. The van der Waals surface area contributed by atoms with E-state index < -0.39 is 16.7 Å². The Morgan fingerprint density at radius 1 is 1.24 bits per heavy atom. The van der Waals surface area contributed by atoms with Gasteiger partial charge in [0.15, 0.2) is 0 Å². The molecule has 110 valence electrons. The summed E-state index contributed by atoms with van der Waals surface area (Å²) in [5.74, 6) is -0.321. The maximum Gasteiger partial charge on any atom is 0.248 e. The van der Waals surface area contributed by atoms with E-state index in [2.05, 4.69) is 0 Å². The van der Waals surface area contributed by atoms with Crippen molar-refractivity contribution in [2.75, 3.05) is 5.73 Å². The van der Waals surface area contributed by atoms with Gasteiger partial charge in [-0.05, 0) is 42.3 Å². The standard InChI is InChI=1S/C15H15ClN2O2S/c1-9-2-5-14(13(17)6-9)21(20)8-11-4-3-10(15(18)19)7-12(11)16/h2-7H,8,17H2,1H3,(H2,18,19). The summed E-state index contributed by atoms with van der Waals surface area (Å²) in [7, 11) is -1.31. The molecule has 0 heterocycles. The molecule has 2 aromatic rings. The molecule has 6 heteroatoms. The van der Waals surface area contributed by atoms with E-state index in [1.807, 2.05) is 13.0 Å². The molecule has 0 saturated heterocycles. The quantitative estimate of drug-likeness (QED) is 0.848. The number of halogens is 1. The van der Waals surface area contributed by atoms with Gasteiger partial charge >= 0.3 is 0 Å². The summed E-state index contributed by atoms with van der Waals surface area (Å²) in [6.45, 7) is 1.92. The van der Waals surface area contributed by atoms with E-state index in [0.29, 0.717) is 26.7 Å². The lowest BCUT2D eigenvalue weighted by atomic mass is 10.1. The van der Waals surface area contributed by atoms with Crippen LogP contribution >= 0.6 is 11.6 Å². The second-order valence-corrected chi connectivity index (χ2v) is 6.53. The molecule has 0 aromatic heterocycles. The zero-order valence-corrected chi connectivity index (χ0v) is 13.0. The summed E-state index contributed by atoms with van der Waals surface area (Å²) in [4.78, 5) is 11.7. The third-order valence-electron chi connectivity index (χ3n) is 3.03. The second kappa shape index (κ2) is 6.28. The molecular weight excluding hydrogens is 308 g/mol. The van der Waals surface area contributed by atoms with Gasteiger partial charge in [0.05, 0.1) is 21.4 Å². The number of carbonyl (C=O) groups excluding carboxylic acids is 1. The zero-order chi connectivity index (χ0) is 15.6. The summed E-state index contributed by atoms with van der Waals surface area (Å²) in [5.41, 5.74) is 13.6. The lowest BCUT2D eigenvalue weighted by molar-refractivity contribution is 0.100. The molecule has 1 atom stereocenters. The third-order valence-corrected chi connectivity index (χ3v) is 4.82. The van der Waals surface area contributed by atoms with Crippen molar-refractivity contribution < 1.29 is 9.00 Å². The highest BCUT2D eigenvalue weighted by Gasteiger charge is 2.12. The third kappa shape index (κ3) is 3.62. The van der Waals surface area contributed by atoms with Crippen molar-refractivity contribution in [1.82, 2.24) is 0 Å². The first-order chi connectivity index (χ1) is 9.88. The fourth-order valence-electron chi connectivity index (χ4n) is 1.91. The molecule has 4 nitrogen and oxygen atoms in total. The van der Waals surface area contributed by atoms with Crippen LogP contribution in [0.2, 0.25) is 5.02 Å². The van der Waals surface area contributed by atoms with E-state index in [1.54, 1.807) is 24.3 Å². The van der Waals surface area contributed by atoms with Gasteiger partial charge in [-0.2, -0.15) is 0 Å². The number of rotatable bonds is 4. The van der Waals surface area contributed by atoms with Crippen LogP contribution in [0.3, 0.4) is 0 Å². The van der Waals surface area contributed by atoms with Crippen molar-refractivity contribution in [2.24, 2.45) is 5.73 Å². The van der Waals surface area contributed by atoms with E-state index in [-0.39, 0.29) is 5.75 Å². The van der Waals surface area contributed by atoms with Crippen molar-refractivity contribution in [2.45, 2.75) is 17.6 Å². The normalized spacial score (nSPS) is 12.1. The molecule has 2 rings (SSSR count). The maximum absolute atomic E-state index is 12.4. The minimum absolute atomic E-state index is 0.227. The number of nitrogens with two attached hydrogens (primary N) is 2. The van der Waals surface area contributed by atoms with Crippen LogP contribution in [0, 0.1) is 6.92 Å². The van der Waals surface area contributed by atoms with E-state index in [1.165, 1.54) is 6.07 Å². The molecule has 2 aromatic carbocycles. The predicted molar refractivity (Wildman–Crippen MR) is 85.7 cm³/mol. The van der Waals surface area contributed by atoms with Crippen molar-refractivity contribution in [3.05, 3.63) is 58.1 Å². The van der Waals surface area contributed by atoms with Crippen LogP contribution in [0.25, 0.3) is 0 Å². The Balaban J connectivity index is 2.25. The largest absolute Gasteiger partial charge is 0.398 e. The van der Waals surface area contributed by atoms with Crippen molar-refractivity contribution in [1.29, 1.82) is 0 Å². The molecule has 0 aliphatic rings. The van der Waals surface area contributed by atoms with Crippen LogP contribution in [0.15, 0.2) is 41.3 Å². The van der Waals surface area contributed by atoms with Crippen LogP contribution in [-0.2, 0) is 16.6 Å². The topological polar surface area (TPSA) is 86.2 Å². The molecule has 21 heavy (non-hydrogen) atoms. The average molecular weight is 323 g/mol. The Labute approximate surface area is 130 Å². The highest BCUT2D eigenvalue weighted by molar-refractivity contribution is 7.84. The molecule has 4 N–H and O–H groups in total. The highest BCUT2D eigenvalue weighted by atomic mass is 35.5. The van der Waals surface area contributed by atoms with Crippen LogP contribution in [0.5, 0.6) is 0 Å². The number of amides is 1. The van der Waals surface area contributed by atoms with Gasteiger partial charge in [-0.1, -0.05) is 23.7 Å². The first-order valence-corrected chi connectivity index (χ1v) is 7.91. The number of primary amides is 1. The van der Waals surface area contributed by atoms with Crippen LogP contribution < -0.4 is 11.5 Å². The van der Waals surface area contributed by atoms with E-state index >= 15 is 0 Å². The number of aryl methyl sites for hydroxylation is 1. The summed E-state index contributed by atoms with van der Waals surface area (Å²) in [6, 6.07) is 10.1. The van der Waals surface area contributed by atoms with Crippen LogP contribution in [0.1, 0.15) is 21.5 Å². The Morgan fingerprint density at radius 2 is 1.95 bits per heavy atom. The predicted octanol–water partition coefficient (Wildman–Crippen LogP) is 2.64. The fraction of sp³-hybridized carbons (Fsp3) is 0.133. The molecule has 0 radical (unpaired) electrons. The van der Waals surface area contributed by atoms with Gasteiger partial charge in [-0.25, -0.2) is 0 Å². The summed E-state index contributed by atoms with van der Waals surface area (Å²) in [6.07, 6.45) is 0. The smallest absolute Gasteiger partial charge is 0.248 e. The SMILES string of the molecule is Cc1ccc(S(=O)Cc2ccc(C(N)=O)cc2Cl)c(N)c1. The van der Waals surface area contributed by atoms with Gasteiger partial charge in [-0.3, -0.25) is 9.00 Å².